The van der Waals surface area contributed by atoms with Crippen molar-refractivity contribution in [3.63, 3.8) is 0 Å². The molecule has 3 rings (SSSR count). The molecule has 5 nitrogen and oxygen atoms in total. The quantitative estimate of drug-likeness (QED) is 0.748. The van der Waals surface area contributed by atoms with Crippen LogP contribution in [0.3, 0.4) is 0 Å². The van der Waals surface area contributed by atoms with E-state index in [-0.39, 0.29) is 11.4 Å². The fourth-order valence-electron chi connectivity index (χ4n) is 3.10. The van der Waals surface area contributed by atoms with E-state index >= 15 is 0 Å². The molecule has 0 amide bonds. The molecule has 2 aliphatic rings. The zero-order chi connectivity index (χ0) is 19.5. The molecule has 0 aliphatic carbocycles. The molecule has 2 saturated heterocycles. The van der Waals surface area contributed by atoms with Gasteiger partial charge in [-0.2, -0.15) is 4.31 Å². The lowest BCUT2D eigenvalue weighted by Crippen LogP contribution is -2.41. The molecule has 0 atom stereocenters. The lowest BCUT2D eigenvalue weighted by atomic mass is 9.78. The Morgan fingerprint density at radius 1 is 1.08 bits per heavy atom. The largest absolute Gasteiger partial charge is 0.494 e. The van der Waals surface area contributed by atoms with Gasteiger partial charge in [0.1, 0.15) is 0 Å². The second-order valence-corrected chi connectivity index (χ2v) is 10.1. The van der Waals surface area contributed by atoms with Gasteiger partial charge in [0.05, 0.1) is 22.6 Å². The van der Waals surface area contributed by atoms with Crippen LogP contribution < -0.4 is 5.46 Å². The minimum Gasteiger partial charge on any atom is -0.399 e. The molecule has 0 aromatic heterocycles. The van der Waals surface area contributed by atoms with Gasteiger partial charge in [0.25, 0.3) is 5.92 Å². The summed E-state index contributed by atoms with van der Waals surface area (Å²) in [5.41, 5.74) is 0.143. The number of benzene rings is 1. The molecular weight excluding hydrogens is 363 g/mol. The van der Waals surface area contributed by atoms with Crippen molar-refractivity contribution < 1.29 is 26.5 Å². The van der Waals surface area contributed by atoms with Gasteiger partial charge in [-0.3, -0.25) is 0 Å². The molecule has 9 heteroatoms. The number of hydrogen-bond donors (Lipinski definition) is 0. The van der Waals surface area contributed by atoms with Gasteiger partial charge >= 0.3 is 7.12 Å². The molecule has 0 unspecified atom stereocenters. The van der Waals surface area contributed by atoms with E-state index in [0.717, 1.165) is 4.31 Å². The van der Waals surface area contributed by atoms with Crippen LogP contribution >= 0.6 is 0 Å². The van der Waals surface area contributed by atoms with Gasteiger partial charge in [-0.05, 0) is 52.2 Å². The highest BCUT2D eigenvalue weighted by molar-refractivity contribution is 7.89. The molecule has 26 heavy (non-hydrogen) atoms. The first-order chi connectivity index (χ1) is 11.7. The van der Waals surface area contributed by atoms with Crippen molar-refractivity contribution in [2.45, 2.75) is 63.1 Å². The average Bonchev–Trinajstić information content (AvgIpc) is 2.95. The second kappa shape index (κ2) is 5.99. The number of hydrogen-bond acceptors (Lipinski definition) is 4. The van der Waals surface area contributed by atoms with Crippen molar-refractivity contribution >= 4 is 22.6 Å². The van der Waals surface area contributed by atoms with Crippen LogP contribution in [0.5, 0.6) is 0 Å². The van der Waals surface area contributed by atoms with E-state index < -0.39 is 47.2 Å². The predicted molar refractivity (Wildman–Crippen MR) is 95.2 cm³/mol. The van der Waals surface area contributed by atoms with Crippen molar-refractivity contribution in [3.8, 4) is 0 Å². The Bertz CT molecular complexity index is 810. The number of halogens is 2. The first-order valence-corrected chi connectivity index (χ1v) is 10.0. The van der Waals surface area contributed by atoms with Gasteiger partial charge in [0.15, 0.2) is 0 Å². The summed E-state index contributed by atoms with van der Waals surface area (Å²) >= 11 is 0. The Kier molecular flexibility index (Phi) is 4.54. The average molecular weight is 387 g/mol. The Morgan fingerprint density at radius 2 is 1.65 bits per heavy atom. The van der Waals surface area contributed by atoms with Crippen LogP contribution in [0.15, 0.2) is 23.1 Å². The highest BCUT2D eigenvalue weighted by Crippen LogP contribution is 2.37. The van der Waals surface area contributed by atoms with Gasteiger partial charge in [0, 0.05) is 13.0 Å². The molecule has 2 heterocycles. The van der Waals surface area contributed by atoms with Crippen LogP contribution in [0, 0.1) is 6.92 Å². The number of nitrogens with zero attached hydrogens (tertiary/aromatic N) is 1. The van der Waals surface area contributed by atoms with Crippen LogP contribution in [0.1, 0.15) is 39.7 Å². The van der Waals surface area contributed by atoms with E-state index in [1.54, 1.807) is 13.0 Å². The third-order valence-corrected chi connectivity index (χ3v) is 7.19. The van der Waals surface area contributed by atoms with E-state index in [0.29, 0.717) is 11.0 Å². The van der Waals surface area contributed by atoms with Crippen molar-refractivity contribution in [1.29, 1.82) is 0 Å². The minimum absolute atomic E-state index is 0.0140. The summed E-state index contributed by atoms with van der Waals surface area (Å²) in [5, 5.41) is 0. The maximum absolute atomic E-state index is 13.5. The summed E-state index contributed by atoms with van der Waals surface area (Å²) in [6, 6.07) is 4.74. The zero-order valence-electron chi connectivity index (χ0n) is 15.7. The number of aryl methyl sites for hydroxylation is 1. The molecule has 2 aliphatic heterocycles. The Labute approximate surface area is 153 Å². The number of rotatable bonds is 3. The Morgan fingerprint density at radius 3 is 2.15 bits per heavy atom. The van der Waals surface area contributed by atoms with E-state index in [4.69, 9.17) is 9.31 Å². The molecule has 2 fully saturated rings. The molecule has 0 radical (unpaired) electrons. The predicted octanol–water partition coefficient (Wildman–Crippen LogP) is 2.32. The van der Waals surface area contributed by atoms with Crippen LogP contribution in [0.25, 0.3) is 0 Å². The molecule has 1 aromatic carbocycles. The molecule has 144 valence electrons. The van der Waals surface area contributed by atoms with Gasteiger partial charge < -0.3 is 9.31 Å². The summed E-state index contributed by atoms with van der Waals surface area (Å²) in [6.45, 7) is 8.43. The summed E-state index contributed by atoms with van der Waals surface area (Å²) < 4.78 is 65.4. The van der Waals surface area contributed by atoms with Gasteiger partial charge in [-0.25, -0.2) is 17.2 Å². The molecule has 0 N–H and O–H groups in total. The normalized spacial score (nSPS) is 25.0. The lowest BCUT2D eigenvalue weighted by Gasteiger charge is -2.32. The van der Waals surface area contributed by atoms with E-state index in [9.17, 15) is 17.2 Å². The van der Waals surface area contributed by atoms with Crippen molar-refractivity contribution in [2.75, 3.05) is 13.1 Å². The van der Waals surface area contributed by atoms with E-state index in [2.05, 4.69) is 0 Å². The molecule has 1 aromatic rings. The van der Waals surface area contributed by atoms with Crippen molar-refractivity contribution in [1.82, 2.24) is 4.31 Å². The minimum atomic E-state index is -4.00. The Balaban J connectivity index is 1.94. The highest BCUT2D eigenvalue weighted by Gasteiger charge is 2.52. The lowest BCUT2D eigenvalue weighted by molar-refractivity contribution is 0.00578. The summed E-state index contributed by atoms with van der Waals surface area (Å²) in [5.74, 6) is -2.98. The topological polar surface area (TPSA) is 55.8 Å². The zero-order valence-corrected chi connectivity index (χ0v) is 16.5. The number of alkyl halides is 2. The number of sulfonamides is 1. The fraction of sp³-hybridized carbons (Fsp3) is 0.647. The second-order valence-electron chi connectivity index (χ2n) is 8.11. The van der Waals surface area contributed by atoms with Crippen LogP contribution in [0.4, 0.5) is 8.78 Å². The monoisotopic (exact) mass is 387 g/mol. The van der Waals surface area contributed by atoms with Crippen molar-refractivity contribution in [2.24, 2.45) is 0 Å². The van der Waals surface area contributed by atoms with Gasteiger partial charge in [-0.1, -0.05) is 11.6 Å². The molecule has 0 bridgehead atoms. The van der Waals surface area contributed by atoms with E-state index in [1.807, 2.05) is 27.7 Å². The fourth-order valence-corrected chi connectivity index (χ4v) is 4.71. The summed E-state index contributed by atoms with van der Waals surface area (Å²) in [7, 11) is -4.71. The summed E-state index contributed by atoms with van der Waals surface area (Å²) in [4.78, 5) is -0.0140. The first kappa shape index (κ1) is 19.7. The molecule has 0 saturated carbocycles. The Hall–Kier alpha value is -1.03. The van der Waals surface area contributed by atoms with E-state index in [1.165, 1.54) is 12.1 Å². The first-order valence-electron chi connectivity index (χ1n) is 8.59. The smallest absolute Gasteiger partial charge is 0.399 e. The van der Waals surface area contributed by atoms with Gasteiger partial charge in [-0.15, -0.1) is 0 Å². The molecular formula is C17H24BF2NO4S. The highest BCUT2D eigenvalue weighted by atomic mass is 32.2. The van der Waals surface area contributed by atoms with Crippen LogP contribution in [-0.2, 0) is 19.3 Å². The summed E-state index contributed by atoms with van der Waals surface area (Å²) in [6.07, 6.45) is -0.456. The third-order valence-electron chi connectivity index (χ3n) is 5.37. The maximum Gasteiger partial charge on any atom is 0.494 e. The van der Waals surface area contributed by atoms with Gasteiger partial charge in [0.2, 0.25) is 10.0 Å². The third kappa shape index (κ3) is 3.42. The standard InChI is InChI=1S/C17H24BF2NO4S/c1-12-8-13(18-24-15(2,3)16(4,5)25-18)10-14(9-12)26(22,23)21-7-6-17(19,20)11-21/h8-10H,6-7,11H2,1-5H3. The maximum atomic E-state index is 13.5. The van der Waals surface area contributed by atoms with Crippen LogP contribution in [0.2, 0.25) is 0 Å². The van der Waals surface area contributed by atoms with Crippen molar-refractivity contribution in [3.05, 3.63) is 23.8 Å². The SMILES string of the molecule is Cc1cc(B2OC(C)(C)C(C)(C)O2)cc(S(=O)(=O)N2CCC(F)(F)C2)c1. The van der Waals surface area contributed by atoms with Crippen LogP contribution in [-0.4, -0.2) is 50.1 Å². The molecule has 0 spiro atoms.